The van der Waals surface area contributed by atoms with Gasteiger partial charge in [0, 0.05) is 6.07 Å². The lowest BCUT2D eigenvalue weighted by Crippen LogP contribution is -2.19. The molecule has 2 aromatic carbocycles. The van der Waals surface area contributed by atoms with E-state index in [0.717, 1.165) is 0 Å². The number of benzene rings is 2. The van der Waals surface area contributed by atoms with Crippen molar-refractivity contribution >= 4 is 31.6 Å². The van der Waals surface area contributed by atoms with Crippen LogP contribution in [0.15, 0.2) is 57.9 Å². The number of hydrogen-bond acceptors (Lipinski definition) is 8. The summed E-state index contributed by atoms with van der Waals surface area (Å²) in [5, 5.41) is 9.76. The molecule has 0 saturated carbocycles. The SMILES string of the molecule is NS(=O)(=O)Oc1ccc(-c2coc3cc(OS(N)(=O)=O)ccc3c2=O)cc1. The summed E-state index contributed by atoms with van der Waals surface area (Å²) >= 11 is 0. The van der Waals surface area contributed by atoms with Gasteiger partial charge < -0.3 is 12.8 Å². The van der Waals surface area contributed by atoms with Crippen molar-refractivity contribution in [3.63, 3.8) is 0 Å². The number of hydrogen-bond donors (Lipinski definition) is 2. The zero-order valence-corrected chi connectivity index (χ0v) is 15.0. The van der Waals surface area contributed by atoms with Crippen LogP contribution in [0.4, 0.5) is 0 Å². The van der Waals surface area contributed by atoms with E-state index in [1.165, 1.54) is 48.7 Å². The fourth-order valence-corrected chi connectivity index (χ4v) is 3.07. The Morgan fingerprint density at radius 1 is 0.815 bits per heavy atom. The van der Waals surface area contributed by atoms with E-state index in [4.69, 9.17) is 14.7 Å². The van der Waals surface area contributed by atoms with E-state index >= 15 is 0 Å². The number of nitrogens with two attached hydrogens (primary N) is 2. The largest absolute Gasteiger partial charge is 0.463 e. The maximum absolute atomic E-state index is 12.6. The van der Waals surface area contributed by atoms with Crippen LogP contribution in [0.3, 0.4) is 0 Å². The molecule has 3 rings (SSSR count). The van der Waals surface area contributed by atoms with Crippen molar-refractivity contribution in [2.45, 2.75) is 0 Å². The van der Waals surface area contributed by atoms with Crippen LogP contribution in [0.25, 0.3) is 22.1 Å². The summed E-state index contributed by atoms with van der Waals surface area (Å²) in [5.41, 5.74) is 0.347. The lowest BCUT2D eigenvalue weighted by atomic mass is 10.1. The molecule has 0 spiro atoms. The lowest BCUT2D eigenvalue weighted by Gasteiger charge is -2.06. The Balaban J connectivity index is 2.00. The molecule has 1 aromatic heterocycles. The number of rotatable bonds is 5. The molecule has 1 heterocycles. The van der Waals surface area contributed by atoms with Gasteiger partial charge in [-0.2, -0.15) is 27.1 Å². The Kier molecular flexibility index (Phi) is 4.65. The van der Waals surface area contributed by atoms with Gasteiger partial charge in [-0.25, -0.2) is 0 Å². The van der Waals surface area contributed by atoms with Crippen molar-refractivity contribution in [2.75, 3.05) is 0 Å². The summed E-state index contributed by atoms with van der Waals surface area (Å²) in [4.78, 5) is 12.6. The quantitative estimate of drug-likeness (QED) is 0.614. The highest BCUT2D eigenvalue weighted by atomic mass is 32.2. The summed E-state index contributed by atoms with van der Waals surface area (Å²) in [6.45, 7) is 0. The zero-order chi connectivity index (χ0) is 19.8. The first-order valence-corrected chi connectivity index (χ1v) is 10.1. The van der Waals surface area contributed by atoms with Crippen molar-refractivity contribution in [3.8, 4) is 22.6 Å². The topological polar surface area (TPSA) is 169 Å². The van der Waals surface area contributed by atoms with E-state index in [0.29, 0.717) is 5.56 Å². The van der Waals surface area contributed by atoms with Crippen molar-refractivity contribution in [3.05, 3.63) is 59.0 Å². The summed E-state index contributed by atoms with van der Waals surface area (Å²) < 4.78 is 58.2. The fourth-order valence-electron chi connectivity index (χ4n) is 2.32. The molecule has 0 aliphatic carbocycles. The van der Waals surface area contributed by atoms with Gasteiger partial charge in [0.25, 0.3) is 0 Å². The van der Waals surface area contributed by atoms with E-state index in [1.54, 1.807) is 0 Å². The monoisotopic (exact) mass is 412 g/mol. The third-order valence-electron chi connectivity index (χ3n) is 3.34. The van der Waals surface area contributed by atoms with E-state index in [9.17, 15) is 21.6 Å². The first-order chi connectivity index (χ1) is 12.5. The van der Waals surface area contributed by atoms with Gasteiger partial charge in [0.1, 0.15) is 23.3 Å². The van der Waals surface area contributed by atoms with Crippen molar-refractivity contribution < 1.29 is 29.6 Å². The fraction of sp³-hybridized carbons (Fsp3) is 0. The second-order valence-corrected chi connectivity index (χ2v) is 7.62. The third kappa shape index (κ3) is 4.62. The molecule has 0 aliphatic heterocycles. The standard InChI is InChI=1S/C15H12N2O8S2/c16-26(19,20)24-10-3-1-9(2-4-10)13-8-23-14-7-11(25-27(17,21)22)5-6-12(14)15(13)18/h1-8H,(H2,16,19,20)(H2,17,21,22). The predicted octanol–water partition coefficient (Wildman–Crippen LogP) is 0.625. The molecule has 0 unspecified atom stereocenters. The van der Waals surface area contributed by atoms with Gasteiger partial charge in [-0.3, -0.25) is 4.79 Å². The van der Waals surface area contributed by atoms with E-state index in [1.807, 2.05) is 0 Å². The highest BCUT2D eigenvalue weighted by Crippen LogP contribution is 2.25. The molecule has 142 valence electrons. The molecule has 0 amide bonds. The first-order valence-electron chi connectivity index (χ1n) is 7.12. The molecule has 4 N–H and O–H groups in total. The predicted molar refractivity (Wildman–Crippen MR) is 95.4 cm³/mol. The summed E-state index contributed by atoms with van der Waals surface area (Å²) in [6, 6.07) is 9.38. The minimum Gasteiger partial charge on any atom is -0.463 e. The molecule has 12 heteroatoms. The summed E-state index contributed by atoms with van der Waals surface area (Å²) in [5.74, 6) is -0.124. The molecule has 3 aromatic rings. The van der Waals surface area contributed by atoms with Gasteiger partial charge >= 0.3 is 20.6 Å². The molecule has 27 heavy (non-hydrogen) atoms. The van der Waals surface area contributed by atoms with Gasteiger partial charge in [-0.15, -0.1) is 0 Å². The molecule has 10 nitrogen and oxygen atoms in total. The summed E-state index contributed by atoms with van der Waals surface area (Å²) in [6.07, 6.45) is 1.18. The van der Waals surface area contributed by atoms with Crippen molar-refractivity contribution in [2.24, 2.45) is 10.3 Å². The molecular weight excluding hydrogens is 400 g/mol. The minimum absolute atomic E-state index is 0.0174. The third-order valence-corrected chi connectivity index (χ3v) is 4.19. The van der Waals surface area contributed by atoms with Crippen LogP contribution >= 0.6 is 0 Å². The van der Waals surface area contributed by atoms with Crippen LogP contribution in [-0.2, 0) is 20.6 Å². The first kappa shape index (κ1) is 18.8. The van der Waals surface area contributed by atoms with Crippen LogP contribution in [0.1, 0.15) is 0 Å². The molecular formula is C15H12N2O8S2. The van der Waals surface area contributed by atoms with Gasteiger partial charge in [0.15, 0.2) is 5.43 Å². The lowest BCUT2D eigenvalue weighted by molar-refractivity contribution is 0.485. The van der Waals surface area contributed by atoms with E-state index in [2.05, 4.69) is 8.37 Å². The molecule has 0 atom stereocenters. The Bertz CT molecular complexity index is 1280. The molecule has 0 aliphatic rings. The highest BCUT2D eigenvalue weighted by molar-refractivity contribution is 7.85. The van der Waals surface area contributed by atoms with Crippen molar-refractivity contribution in [1.29, 1.82) is 0 Å². The smallest absolute Gasteiger partial charge is 0.380 e. The average molecular weight is 412 g/mol. The van der Waals surface area contributed by atoms with Crippen molar-refractivity contribution in [1.82, 2.24) is 0 Å². The molecule has 0 radical (unpaired) electrons. The zero-order valence-electron chi connectivity index (χ0n) is 13.4. The van der Waals surface area contributed by atoms with Crippen LogP contribution in [0, 0.1) is 0 Å². The van der Waals surface area contributed by atoms with Crippen LogP contribution in [0.2, 0.25) is 0 Å². The average Bonchev–Trinajstić information content (AvgIpc) is 2.53. The second-order valence-electron chi connectivity index (χ2n) is 5.31. The molecule has 0 bridgehead atoms. The Hall–Kier alpha value is -2.93. The van der Waals surface area contributed by atoms with Gasteiger partial charge in [0.2, 0.25) is 0 Å². The Morgan fingerprint density at radius 2 is 1.37 bits per heavy atom. The molecule has 0 fully saturated rings. The maximum atomic E-state index is 12.6. The Labute approximate surface area is 153 Å². The van der Waals surface area contributed by atoms with Gasteiger partial charge in [-0.1, -0.05) is 12.1 Å². The van der Waals surface area contributed by atoms with Crippen LogP contribution in [-0.4, -0.2) is 16.8 Å². The highest BCUT2D eigenvalue weighted by Gasteiger charge is 2.13. The van der Waals surface area contributed by atoms with E-state index < -0.39 is 26.0 Å². The normalized spacial score (nSPS) is 12.1. The van der Waals surface area contributed by atoms with Gasteiger partial charge in [-0.05, 0) is 29.8 Å². The van der Waals surface area contributed by atoms with Gasteiger partial charge in [0.05, 0.1) is 10.9 Å². The van der Waals surface area contributed by atoms with E-state index in [-0.39, 0.29) is 28.0 Å². The van der Waals surface area contributed by atoms with Crippen LogP contribution < -0.4 is 24.1 Å². The summed E-state index contributed by atoms with van der Waals surface area (Å²) in [7, 11) is -8.36. The Morgan fingerprint density at radius 3 is 1.96 bits per heavy atom. The van der Waals surface area contributed by atoms with Crippen LogP contribution in [0.5, 0.6) is 11.5 Å². The minimum atomic E-state index is -4.21. The maximum Gasteiger partial charge on any atom is 0.380 e. The molecule has 0 saturated heterocycles. The number of fused-ring (bicyclic) bond motifs is 1. The second kappa shape index (κ2) is 6.66.